The van der Waals surface area contributed by atoms with Gasteiger partial charge in [-0.3, -0.25) is 21.4 Å². The molecule has 0 aliphatic heterocycles. The van der Waals surface area contributed by atoms with Gasteiger partial charge in [0.25, 0.3) is 0 Å². The van der Waals surface area contributed by atoms with Crippen LogP contribution < -0.4 is 11.0 Å². The number of benzene rings is 1. The van der Waals surface area contributed by atoms with Crippen LogP contribution in [-0.2, 0) is 0 Å². The molecule has 1 aromatic carbocycles. The highest BCUT2D eigenvalue weighted by molar-refractivity contribution is 9.10. The quantitative estimate of drug-likeness (QED) is 0.592. The smallest absolute Gasteiger partial charge is 0.0765 e. The number of halogens is 1. The Hall–Kier alpha value is -0.780. The molecule has 0 bridgehead atoms. The maximum Gasteiger partial charge on any atom is 0.0765 e. The normalized spacial score (nSPS) is 9.67. The van der Waals surface area contributed by atoms with Crippen molar-refractivity contribution in [3.8, 4) is 0 Å². The number of hydrogen-bond donors (Lipinski definition) is 4. The lowest BCUT2D eigenvalue weighted by atomic mass is 10.2. The van der Waals surface area contributed by atoms with E-state index < -0.39 is 0 Å². The molecular weight excluding hydrogens is 224 g/mol. The highest BCUT2D eigenvalue weighted by atomic mass is 79.9. The van der Waals surface area contributed by atoms with E-state index in [1.165, 1.54) is 0 Å². The lowest BCUT2D eigenvalue weighted by Crippen LogP contribution is -1.96. The van der Waals surface area contributed by atoms with Gasteiger partial charge in [-0.1, -0.05) is 0 Å². The second-order valence-electron chi connectivity index (χ2n) is 2.37. The molecule has 0 heterocycles. The zero-order valence-corrected chi connectivity index (χ0v) is 8.01. The molecule has 0 saturated carbocycles. The maximum atomic E-state index is 8.65. The Morgan fingerprint density at radius 3 is 2.25 bits per heavy atom. The van der Waals surface area contributed by atoms with Crippen LogP contribution in [-0.4, -0.2) is 10.4 Å². The third-order valence-electron chi connectivity index (χ3n) is 1.55. The monoisotopic (exact) mass is 232 g/mol. The summed E-state index contributed by atoms with van der Waals surface area (Å²) in [5, 5.41) is 17.3. The van der Waals surface area contributed by atoms with Crippen LogP contribution in [0.1, 0.15) is 5.56 Å². The molecule has 0 spiro atoms. The number of hydrogen-bond acceptors (Lipinski definition) is 4. The second-order valence-corrected chi connectivity index (χ2v) is 3.22. The zero-order chi connectivity index (χ0) is 9.14. The fraction of sp³-hybridized carbons (Fsp3) is 0.143. The van der Waals surface area contributed by atoms with Crippen molar-refractivity contribution in [1.82, 2.24) is 0 Å². The zero-order valence-electron chi connectivity index (χ0n) is 6.43. The minimum absolute atomic E-state index is 0.497. The van der Waals surface area contributed by atoms with E-state index in [-0.39, 0.29) is 0 Å². The average molecular weight is 233 g/mol. The van der Waals surface area contributed by atoms with Crippen molar-refractivity contribution in [3.05, 3.63) is 22.2 Å². The number of aryl methyl sites for hydroxylation is 1. The van der Waals surface area contributed by atoms with E-state index in [9.17, 15) is 0 Å². The predicted molar refractivity (Wildman–Crippen MR) is 49.7 cm³/mol. The van der Waals surface area contributed by atoms with Crippen LogP contribution in [0.4, 0.5) is 11.4 Å². The van der Waals surface area contributed by atoms with Crippen LogP contribution in [0.5, 0.6) is 0 Å². The molecule has 66 valence electrons. The molecule has 4 nitrogen and oxygen atoms in total. The second kappa shape index (κ2) is 3.75. The van der Waals surface area contributed by atoms with Gasteiger partial charge in [-0.15, -0.1) is 0 Å². The van der Waals surface area contributed by atoms with Crippen molar-refractivity contribution in [1.29, 1.82) is 0 Å². The SMILES string of the molecule is Cc1cc(Br)c(NO)cc1NO. The number of nitrogens with one attached hydrogen (secondary N) is 2. The van der Waals surface area contributed by atoms with Gasteiger partial charge < -0.3 is 0 Å². The molecular formula is C7H9BrN2O2. The first-order chi connectivity index (χ1) is 5.69. The van der Waals surface area contributed by atoms with Crippen molar-refractivity contribution < 1.29 is 10.4 Å². The van der Waals surface area contributed by atoms with Crippen LogP contribution >= 0.6 is 15.9 Å². The Morgan fingerprint density at radius 2 is 1.75 bits per heavy atom. The molecule has 4 N–H and O–H groups in total. The minimum Gasteiger partial charge on any atom is -0.291 e. The highest BCUT2D eigenvalue weighted by Crippen LogP contribution is 2.28. The summed E-state index contributed by atoms with van der Waals surface area (Å²) < 4.78 is 0.738. The summed E-state index contributed by atoms with van der Waals surface area (Å²) >= 11 is 3.24. The summed E-state index contributed by atoms with van der Waals surface area (Å²) in [6, 6.07) is 3.36. The largest absolute Gasteiger partial charge is 0.291 e. The van der Waals surface area contributed by atoms with E-state index in [4.69, 9.17) is 10.4 Å². The fourth-order valence-electron chi connectivity index (χ4n) is 0.879. The topological polar surface area (TPSA) is 64.5 Å². The van der Waals surface area contributed by atoms with Crippen LogP contribution in [0.3, 0.4) is 0 Å². The Labute approximate surface area is 78.3 Å². The third-order valence-corrected chi connectivity index (χ3v) is 2.21. The molecule has 0 saturated heterocycles. The standard InChI is InChI=1S/C7H9BrN2O2/c1-4-2-5(8)7(10-12)3-6(4)9-11/h2-3,9-12H,1H3. The van der Waals surface area contributed by atoms with E-state index in [0.29, 0.717) is 11.4 Å². The molecule has 0 aliphatic rings. The van der Waals surface area contributed by atoms with Gasteiger partial charge in [-0.25, -0.2) is 0 Å². The van der Waals surface area contributed by atoms with Crippen LogP contribution in [0, 0.1) is 6.92 Å². The molecule has 0 amide bonds. The van der Waals surface area contributed by atoms with E-state index in [2.05, 4.69) is 15.9 Å². The number of rotatable bonds is 2. The highest BCUT2D eigenvalue weighted by Gasteiger charge is 2.03. The molecule has 0 aliphatic carbocycles. The molecule has 5 heteroatoms. The molecule has 1 aromatic rings. The van der Waals surface area contributed by atoms with Gasteiger partial charge in [0.1, 0.15) is 0 Å². The van der Waals surface area contributed by atoms with Crippen LogP contribution in [0.25, 0.3) is 0 Å². The minimum atomic E-state index is 0.497. The Bertz CT molecular complexity index is 266. The third kappa shape index (κ3) is 1.69. The van der Waals surface area contributed by atoms with Crippen molar-refractivity contribution in [2.75, 3.05) is 11.0 Å². The summed E-state index contributed by atoms with van der Waals surface area (Å²) in [4.78, 5) is 0. The van der Waals surface area contributed by atoms with Gasteiger partial charge in [0.2, 0.25) is 0 Å². The van der Waals surface area contributed by atoms with Gasteiger partial charge in [-0.05, 0) is 40.5 Å². The predicted octanol–water partition coefficient (Wildman–Crippen LogP) is 2.36. The summed E-state index contributed by atoms with van der Waals surface area (Å²) in [7, 11) is 0. The molecule has 0 unspecified atom stereocenters. The van der Waals surface area contributed by atoms with Crippen molar-refractivity contribution >= 4 is 27.3 Å². The number of anilines is 2. The average Bonchev–Trinajstić information content (AvgIpc) is 2.05. The summed E-state index contributed by atoms with van der Waals surface area (Å²) in [6.07, 6.45) is 0. The lowest BCUT2D eigenvalue weighted by molar-refractivity contribution is 0.385. The molecule has 0 aromatic heterocycles. The van der Waals surface area contributed by atoms with Crippen LogP contribution in [0.2, 0.25) is 0 Å². The molecule has 1 rings (SSSR count). The lowest BCUT2D eigenvalue weighted by Gasteiger charge is -2.08. The summed E-state index contributed by atoms with van der Waals surface area (Å²) in [5.74, 6) is 0. The van der Waals surface area contributed by atoms with Crippen LogP contribution in [0.15, 0.2) is 16.6 Å². The van der Waals surface area contributed by atoms with Gasteiger partial charge in [0.15, 0.2) is 0 Å². The Kier molecular flexibility index (Phi) is 2.91. The first-order valence-corrected chi connectivity index (χ1v) is 4.08. The molecule has 12 heavy (non-hydrogen) atoms. The van der Waals surface area contributed by atoms with Gasteiger partial charge in [0.05, 0.1) is 11.4 Å². The van der Waals surface area contributed by atoms with E-state index in [0.717, 1.165) is 10.0 Å². The van der Waals surface area contributed by atoms with Gasteiger partial charge >= 0.3 is 0 Å². The van der Waals surface area contributed by atoms with Gasteiger partial charge in [-0.2, -0.15) is 0 Å². The van der Waals surface area contributed by atoms with Crippen molar-refractivity contribution in [2.24, 2.45) is 0 Å². The van der Waals surface area contributed by atoms with E-state index >= 15 is 0 Å². The first kappa shape index (κ1) is 9.31. The first-order valence-electron chi connectivity index (χ1n) is 3.29. The van der Waals surface area contributed by atoms with Gasteiger partial charge in [0, 0.05) is 4.47 Å². The summed E-state index contributed by atoms with van der Waals surface area (Å²) in [5.41, 5.74) is 5.95. The van der Waals surface area contributed by atoms with Crippen molar-refractivity contribution in [2.45, 2.75) is 6.92 Å². The maximum absolute atomic E-state index is 8.65. The van der Waals surface area contributed by atoms with Crippen molar-refractivity contribution in [3.63, 3.8) is 0 Å². The fourth-order valence-corrected chi connectivity index (χ4v) is 1.43. The Balaban J connectivity index is 3.18. The summed E-state index contributed by atoms with van der Waals surface area (Å²) in [6.45, 7) is 1.84. The Morgan fingerprint density at radius 1 is 1.17 bits per heavy atom. The molecule has 0 radical (unpaired) electrons. The molecule has 0 fully saturated rings. The van der Waals surface area contributed by atoms with E-state index in [1.54, 1.807) is 12.1 Å². The van der Waals surface area contributed by atoms with E-state index in [1.807, 2.05) is 17.9 Å². The molecule has 0 atom stereocenters.